The highest BCUT2D eigenvalue weighted by Crippen LogP contribution is 2.31. The number of thiazole rings is 1. The predicted molar refractivity (Wildman–Crippen MR) is 124 cm³/mol. The molecule has 0 atom stereocenters. The van der Waals surface area contributed by atoms with E-state index in [1.807, 2.05) is 4.90 Å². The van der Waals surface area contributed by atoms with E-state index < -0.39 is 0 Å². The maximum Gasteiger partial charge on any atom is 0.233 e. The van der Waals surface area contributed by atoms with Crippen molar-refractivity contribution in [1.82, 2.24) is 9.88 Å². The quantitative estimate of drug-likeness (QED) is 0.517. The molecule has 0 aliphatic heterocycles. The Labute approximate surface area is 178 Å². The van der Waals surface area contributed by atoms with Gasteiger partial charge in [-0.1, -0.05) is 61.1 Å². The van der Waals surface area contributed by atoms with Gasteiger partial charge in [0.25, 0.3) is 0 Å². The summed E-state index contributed by atoms with van der Waals surface area (Å²) >= 11 is 1.61. The molecular formula is C24H31N3OS. The van der Waals surface area contributed by atoms with Crippen LogP contribution in [0.3, 0.4) is 0 Å². The molecule has 4 nitrogen and oxygen atoms in total. The van der Waals surface area contributed by atoms with Gasteiger partial charge < -0.3 is 4.90 Å². The van der Waals surface area contributed by atoms with E-state index in [2.05, 4.69) is 75.9 Å². The monoisotopic (exact) mass is 409 g/mol. The molecule has 1 heterocycles. The van der Waals surface area contributed by atoms with E-state index in [-0.39, 0.29) is 5.91 Å². The summed E-state index contributed by atoms with van der Waals surface area (Å²) in [5.74, 6) is 0.113. The fourth-order valence-electron chi connectivity index (χ4n) is 3.55. The summed E-state index contributed by atoms with van der Waals surface area (Å²) in [6, 6.07) is 12.5. The molecule has 0 saturated heterocycles. The van der Waals surface area contributed by atoms with Gasteiger partial charge in [-0.3, -0.25) is 9.69 Å². The first-order chi connectivity index (χ1) is 13.9. The minimum absolute atomic E-state index is 0.113. The van der Waals surface area contributed by atoms with Crippen molar-refractivity contribution in [3.8, 4) is 0 Å². The SMILES string of the molecule is CCN(CC)CCN(C(=O)Cc1cc(C)ccc1C)c1nc2c(C)cccc2s1. The second-order valence-electron chi connectivity index (χ2n) is 7.60. The summed E-state index contributed by atoms with van der Waals surface area (Å²) in [6.07, 6.45) is 0.403. The predicted octanol–water partition coefficient (Wildman–Crippen LogP) is 5.14. The Hall–Kier alpha value is -2.24. The molecule has 0 radical (unpaired) electrons. The molecule has 3 aromatic rings. The summed E-state index contributed by atoms with van der Waals surface area (Å²) in [5, 5.41) is 0.803. The van der Waals surface area contributed by atoms with E-state index in [0.717, 1.165) is 51.7 Å². The molecule has 0 bridgehead atoms. The van der Waals surface area contributed by atoms with Crippen LogP contribution in [0, 0.1) is 20.8 Å². The van der Waals surface area contributed by atoms with Crippen molar-refractivity contribution >= 4 is 32.6 Å². The lowest BCUT2D eigenvalue weighted by Crippen LogP contribution is -2.39. The number of aromatic nitrogens is 1. The lowest BCUT2D eigenvalue weighted by molar-refractivity contribution is -0.118. The topological polar surface area (TPSA) is 36.4 Å². The number of fused-ring (bicyclic) bond motifs is 1. The Kier molecular flexibility index (Phi) is 7.04. The van der Waals surface area contributed by atoms with E-state index in [1.165, 1.54) is 5.56 Å². The van der Waals surface area contributed by atoms with Gasteiger partial charge in [-0.2, -0.15) is 0 Å². The average Bonchev–Trinajstić information content (AvgIpc) is 3.13. The van der Waals surface area contributed by atoms with Crippen LogP contribution in [0.2, 0.25) is 0 Å². The van der Waals surface area contributed by atoms with Gasteiger partial charge in [0.15, 0.2) is 5.13 Å². The van der Waals surface area contributed by atoms with Gasteiger partial charge in [-0.15, -0.1) is 0 Å². The van der Waals surface area contributed by atoms with Crippen molar-refractivity contribution in [3.63, 3.8) is 0 Å². The van der Waals surface area contributed by atoms with Gasteiger partial charge in [-0.05, 0) is 56.6 Å². The second-order valence-corrected chi connectivity index (χ2v) is 8.61. The van der Waals surface area contributed by atoms with Crippen LogP contribution in [0.5, 0.6) is 0 Å². The van der Waals surface area contributed by atoms with Gasteiger partial charge in [0.1, 0.15) is 0 Å². The molecule has 0 aliphatic carbocycles. The number of benzene rings is 2. The van der Waals surface area contributed by atoms with Crippen molar-refractivity contribution in [2.75, 3.05) is 31.1 Å². The first-order valence-electron chi connectivity index (χ1n) is 10.4. The minimum atomic E-state index is 0.113. The summed E-state index contributed by atoms with van der Waals surface area (Å²) < 4.78 is 1.13. The molecule has 1 amide bonds. The van der Waals surface area contributed by atoms with Crippen molar-refractivity contribution < 1.29 is 4.79 Å². The average molecular weight is 410 g/mol. The fraction of sp³-hybridized carbons (Fsp3) is 0.417. The Morgan fingerprint density at radius 3 is 2.45 bits per heavy atom. The highest BCUT2D eigenvalue weighted by Gasteiger charge is 2.21. The largest absolute Gasteiger partial charge is 0.302 e. The molecule has 0 spiro atoms. The highest BCUT2D eigenvalue weighted by molar-refractivity contribution is 7.22. The Balaban J connectivity index is 1.91. The smallest absolute Gasteiger partial charge is 0.233 e. The van der Waals surface area contributed by atoms with Gasteiger partial charge in [0.2, 0.25) is 5.91 Å². The van der Waals surface area contributed by atoms with E-state index in [1.54, 1.807) is 11.3 Å². The first kappa shape index (κ1) is 21.5. The van der Waals surface area contributed by atoms with Crippen LogP contribution in [-0.4, -0.2) is 42.0 Å². The molecule has 5 heteroatoms. The third-order valence-corrected chi connectivity index (χ3v) is 6.57. The molecule has 1 aromatic heterocycles. The van der Waals surface area contributed by atoms with Gasteiger partial charge in [0.05, 0.1) is 16.6 Å². The van der Waals surface area contributed by atoms with Crippen LogP contribution in [0.15, 0.2) is 36.4 Å². The number of likely N-dealkylation sites (N-methyl/N-ethyl adjacent to an activating group) is 1. The van der Waals surface area contributed by atoms with Crippen LogP contribution < -0.4 is 4.90 Å². The number of hydrogen-bond acceptors (Lipinski definition) is 4. The standard InChI is InChI=1S/C24H31N3OS/c1-6-26(7-2)13-14-27(22(28)16-20-15-17(3)11-12-18(20)4)24-25-23-19(5)9-8-10-21(23)29-24/h8-12,15H,6-7,13-14,16H2,1-5H3. The fourth-order valence-corrected chi connectivity index (χ4v) is 4.63. The molecule has 29 heavy (non-hydrogen) atoms. The van der Waals surface area contributed by atoms with Gasteiger partial charge in [0, 0.05) is 13.1 Å². The summed E-state index contributed by atoms with van der Waals surface area (Å²) in [4.78, 5) is 22.5. The van der Waals surface area contributed by atoms with Crippen molar-refractivity contribution in [2.45, 2.75) is 41.0 Å². The third kappa shape index (κ3) is 5.03. The van der Waals surface area contributed by atoms with E-state index >= 15 is 0 Å². The zero-order valence-electron chi connectivity index (χ0n) is 18.2. The first-order valence-corrected chi connectivity index (χ1v) is 11.2. The molecule has 0 N–H and O–H groups in total. The summed E-state index contributed by atoms with van der Waals surface area (Å²) in [6.45, 7) is 14.0. The van der Waals surface area contributed by atoms with E-state index in [0.29, 0.717) is 13.0 Å². The Bertz CT molecular complexity index is 991. The summed E-state index contributed by atoms with van der Waals surface area (Å²) in [7, 11) is 0. The maximum absolute atomic E-state index is 13.4. The Morgan fingerprint density at radius 1 is 1.00 bits per heavy atom. The number of aryl methyl sites for hydroxylation is 3. The number of anilines is 1. The van der Waals surface area contributed by atoms with Crippen LogP contribution in [-0.2, 0) is 11.2 Å². The van der Waals surface area contributed by atoms with Crippen LogP contribution in [0.25, 0.3) is 10.2 Å². The highest BCUT2D eigenvalue weighted by atomic mass is 32.1. The molecule has 3 rings (SSSR count). The number of carbonyl (C=O) groups excluding carboxylic acids is 1. The molecule has 0 aliphatic rings. The number of para-hydroxylation sites is 1. The molecule has 0 fully saturated rings. The minimum Gasteiger partial charge on any atom is -0.302 e. The second kappa shape index (κ2) is 9.51. The maximum atomic E-state index is 13.4. The number of nitrogens with zero attached hydrogens (tertiary/aromatic N) is 3. The molecule has 0 saturated carbocycles. The molecule has 2 aromatic carbocycles. The zero-order valence-corrected chi connectivity index (χ0v) is 19.0. The van der Waals surface area contributed by atoms with Gasteiger partial charge >= 0.3 is 0 Å². The lowest BCUT2D eigenvalue weighted by Gasteiger charge is -2.25. The normalized spacial score (nSPS) is 11.4. The van der Waals surface area contributed by atoms with Crippen molar-refractivity contribution in [3.05, 3.63) is 58.7 Å². The Morgan fingerprint density at radius 2 is 1.76 bits per heavy atom. The van der Waals surface area contributed by atoms with Gasteiger partial charge in [-0.25, -0.2) is 4.98 Å². The van der Waals surface area contributed by atoms with Crippen LogP contribution in [0.4, 0.5) is 5.13 Å². The lowest BCUT2D eigenvalue weighted by atomic mass is 10.0. The zero-order chi connectivity index (χ0) is 21.0. The number of hydrogen-bond donors (Lipinski definition) is 0. The third-order valence-electron chi connectivity index (χ3n) is 5.52. The molecular weight excluding hydrogens is 378 g/mol. The van der Waals surface area contributed by atoms with Crippen LogP contribution >= 0.6 is 11.3 Å². The van der Waals surface area contributed by atoms with Crippen molar-refractivity contribution in [1.29, 1.82) is 0 Å². The number of rotatable bonds is 8. The van der Waals surface area contributed by atoms with Crippen molar-refractivity contribution in [2.24, 2.45) is 0 Å². The van der Waals surface area contributed by atoms with Crippen LogP contribution in [0.1, 0.15) is 36.1 Å². The molecule has 0 unspecified atom stereocenters. The summed E-state index contributed by atoms with van der Waals surface area (Å²) in [5.41, 5.74) is 5.59. The molecule has 154 valence electrons. The van der Waals surface area contributed by atoms with E-state index in [9.17, 15) is 4.79 Å². The van der Waals surface area contributed by atoms with E-state index in [4.69, 9.17) is 4.98 Å². The number of amides is 1. The number of carbonyl (C=O) groups is 1.